The van der Waals surface area contributed by atoms with Gasteiger partial charge in [-0.3, -0.25) is 0 Å². The molecule has 1 aromatic heterocycles. The maximum absolute atomic E-state index is 5.48. The number of furan rings is 1. The lowest BCUT2D eigenvalue weighted by Crippen LogP contribution is -2.19. The molecule has 0 amide bonds. The average Bonchev–Trinajstić information content (AvgIpc) is 3.04. The van der Waals surface area contributed by atoms with Crippen LogP contribution in [0.2, 0.25) is 0 Å². The van der Waals surface area contributed by atoms with Crippen molar-refractivity contribution in [3.05, 3.63) is 47.9 Å². The van der Waals surface area contributed by atoms with Crippen molar-refractivity contribution in [2.75, 3.05) is 27.0 Å². The van der Waals surface area contributed by atoms with Crippen LogP contribution in [0.25, 0.3) is 0 Å². The number of hydrogen-bond acceptors (Lipinski definition) is 5. The molecule has 0 bridgehead atoms. The summed E-state index contributed by atoms with van der Waals surface area (Å²) in [5.74, 6) is 4.43. The molecule has 0 saturated heterocycles. The second-order valence-corrected chi connectivity index (χ2v) is 5.57. The summed E-state index contributed by atoms with van der Waals surface area (Å²) in [6.07, 6.45) is 1.71. The lowest BCUT2D eigenvalue weighted by atomic mass is 10.1. The van der Waals surface area contributed by atoms with Crippen LogP contribution >= 0.6 is 11.8 Å². The van der Waals surface area contributed by atoms with E-state index in [1.54, 1.807) is 20.5 Å². The van der Waals surface area contributed by atoms with E-state index in [2.05, 4.69) is 5.32 Å². The van der Waals surface area contributed by atoms with E-state index in [-0.39, 0.29) is 6.04 Å². The highest BCUT2D eigenvalue weighted by atomic mass is 32.2. The molecule has 0 saturated carbocycles. The summed E-state index contributed by atoms with van der Waals surface area (Å²) >= 11 is 1.82. The van der Waals surface area contributed by atoms with E-state index in [9.17, 15) is 0 Å². The Balaban J connectivity index is 2.02. The van der Waals surface area contributed by atoms with Crippen molar-refractivity contribution in [1.82, 2.24) is 5.32 Å². The first-order valence-corrected chi connectivity index (χ1v) is 7.93. The van der Waals surface area contributed by atoms with Crippen molar-refractivity contribution in [3.63, 3.8) is 0 Å². The third-order valence-electron chi connectivity index (χ3n) is 3.27. The van der Waals surface area contributed by atoms with Gasteiger partial charge in [0.2, 0.25) is 0 Å². The first-order chi connectivity index (χ1) is 10.3. The molecule has 0 aliphatic carbocycles. The summed E-state index contributed by atoms with van der Waals surface area (Å²) in [6.45, 7) is 0. The first-order valence-electron chi connectivity index (χ1n) is 6.77. The van der Waals surface area contributed by atoms with Crippen LogP contribution in [-0.2, 0) is 5.75 Å². The molecule has 1 atom stereocenters. The summed E-state index contributed by atoms with van der Waals surface area (Å²) in [6, 6.07) is 10.0. The zero-order chi connectivity index (χ0) is 15.1. The molecular formula is C16H21NO3S. The van der Waals surface area contributed by atoms with Crippen molar-refractivity contribution in [1.29, 1.82) is 0 Å². The minimum Gasteiger partial charge on any atom is -0.497 e. The van der Waals surface area contributed by atoms with Gasteiger partial charge in [-0.25, -0.2) is 0 Å². The second kappa shape index (κ2) is 8.00. The Bertz CT molecular complexity index is 542. The van der Waals surface area contributed by atoms with Gasteiger partial charge >= 0.3 is 0 Å². The molecule has 1 heterocycles. The summed E-state index contributed by atoms with van der Waals surface area (Å²) in [7, 11) is 5.30. The lowest BCUT2D eigenvalue weighted by Gasteiger charge is -2.19. The van der Waals surface area contributed by atoms with E-state index in [4.69, 9.17) is 13.9 Å². The maximum Gasteiger partial charge on any atom is 0.127 e. The molecule has 1 aromatic carbocycles. The van der Waals surface area contributed by atoms with Crippen molar-refractivity contribution in [2.24, 2.45) is 0 Å². The summed E-state index contributed by atoms with van der Waals surface area (Å²) in [5, 5.41) is 3.34. The van der Waals surface area contributed by atoms with Crippen molar-refractivity contribution < 1.29 is 13.9 Å². The fourth-order valence-corrected chi connectivity index (χ4v) is 3.17. The van der Waals surface area contributed by atoms with Gasteiger partial charge in [0.15, 0.2) is 0 Å². The second-order valence-electron chi connectivity index (χ2n) is 4.54. The molecule has 114 valence electrons. The van der Waals surface area contributed by atoms with Gasteiger partial charge in [-0.15, -0.1) is 0 Å². The highest BCUT2D eigenvalue weighted by molar-refractivity contribution is 7.98. The summed E-state index contributed by atoms with van der Waals surface area (Å²) in [4.78, 5) is 0. The van der Waals surface area contributed by atoms with Gasteiger partial charge in [-0.1, -0.05) is 6.07 Å². The Kier molecular flexibility index (Phi) is 6.02. The number of thioether (sulfide) groups is 1. The number of ether oxygens (including phenoxy) is 2. The predicted octanol–water partition coefficient (Wildman–Crippen LogP) is 3.49. The molecule has 4 nitrogen and oxygen atoms in total. The molecule has 2 rings (SSSR count). The fraction of sp³-hybridized carbons (Fsp3) is 0.375. The van der Waals surface area contributed by atoms with Crippen molar-refractivity contribution >= 4 is 11.8 Å². The Morgan fingerprint density at radius 2 is 2.10 bits per heavy atom. The molecule has 5 heteroatoms. The normalized spacial score (nSPS) is 12.1. The van der Waals surface area contributed by atoms with E-state index >= 15 is 0 Å². The van der Waals surface area contributed by atoms with E-state index < -0.39 is 0 Å². The molecule has 1 N–H and O–H groups in total. The van der Waals surface area contributed by atoms with Gasteiger partial charge in [0.1, 0.15) is 17.3 Å². The number of benzene rings is 1. The number of methoxy groups -OCH3 is 2. The summed E-state index contributed by atoms with van der Waals surface area (Å²) in [5.41, 5.74) is 1.13. The van der Waals surface area contributed by atoms with E-state index in [1.807, 2.05) is 49.1 Å². The van der Waals surface area contributed by atoms with E-state index in [0.29, 0.717) is 0 Å². The van der Waals surface area contributed by atoms with Crippen LogP contribution in [0, 0.1) is 0 Å². The molecule has 0 aliphatic rings. The van der Waals surface area contributed by atoms with Crippen LogP contribution in [-0.4, -0.2) is 27.0 Å². The predicted molar refractivity (Wildman–Crippen MR) is 86.2 cm³/mol. The first kappa shape index (κ1) is 15.8. The van der Waals surface area contributed by atoms with Crippen LogP contribution in [0.3, 0.4) is 0 Å². The molecule has 1 unspecified atom stereocenters. The Labute approximate surface area is 129 Å². The minimum atomic E-state index is 0.214. The Morgan fingerprint density at radius 1 is 1.24 bits per heavy atom. The molecule has 0 aliphatic heterocycles. The Hall–Kier alpha value is -1.59. The third kappa shape index (κ3) is 4.19. The quantitative estimate of drug-likeness (QED) is 0.808. The monoisotopic (exact) mass is 307 g/mol. The molecular weight excluding hydrogens is 286 g/mol. The summed E-state index contributed by atoms with van der Waals surface area (Å²) < 4.78 is 16.1. The van der Waals surface area contributed by atoms with Crippen LogP contribution in [0.4, 0.5) is 0 Å². The van der Waals surface area contributed by atoms with Gasteiger partial charge in [0, 0.05) is 23.4 Å². The van der Waals surface area contributed by atoms with Crippen molar-refractivity contribution in [3.8, 4) is 11.5 Å². The third-order valence-corrected chi connectivity index (χ3v) is 4.33. The minimum absolute atomic E-state index is 0.214. The average molecular weight is 307 g/mol. The SMILES string of the molecule is CNC(CSCc1ccco1)c1ccc(OC)cc1OC. The van der Waals surface area contributed by atoms with Gasteiger partial charge in [-0.2, -0.15) is 11.8 Å². The van der Waals surface area contributed by atoms with Gasteiger partial charge in [-0.05, 0) is 25.2 Å². The zero-order valence-corrected chi connectivity index (χ0v) is 13.4. The van der Waals surface area contributed by atoms with Crippen LogP contribution < -0.4 is 14.8 Å². The zero-order valence-electron chi connectivity index (χ0n) is 12.6. The molecule has 0 fully saturated rings. The highest BCUT2D eigenvalue weighted by Gasteiger charge is 2.15. The molecule has 0 spiro atoms. The standard InChI is InChI=1S/C16H21NO3S/c1-17-15(11-21-10-13-5-4-8-20-13)14-7-6-12(18-2)9-16(14)19-3/h4-9,15,17H,10-11H2,1-3H3. The topological polar surface area (TPSA) is 43.6 Å². The lowest BCUT2D eigenvalue weighted by molar-refractivity contribution is 0.387. The van der Waals surface area contributed by atoms with Gasteiger partial charge < -0.3 is 19.2 Å². The largest absolute Gasteiger partial charge is 0.497 e. The van der Waals surface area contributed by atoms with E-state index in [0.717, 1.165) is 34.3 Å². The number of rotatable bonds is 8. The van der Waals surface area contributed by atoms with E-state index in [1.165, 1.54) is 0 Å². The number of nitrogens with one attached hydrogen (secondary N) is 1. The smallest absolute Gasteiger partial charge is 0.127 e. The van der Waals surface area contributed by atoms with Gasteiger partial charge in [0.05, 0.1) is 26.2 Å². The van der Waals surface area contributed by atoms with Crippen LogP contribution in [0.5, 0.6) is 11.5 Å². The fourth-order valence-electron chi connectivity index (χ4n) is 2.11. The number of hydrogen-bond donors (Lipinski definition) is 1. The van der Waals surface area contributed by atoms with Crippen LogP contribution in [0.1, 0.15) is 17.4 Å². The highest BCUT2D eigenvalue weighted by Crippen LogP contribution is 2.31. The molecule has 0 radical (unpaired) electrons. The van der Waals surface area contributed by atoms with Crippen molar-refractivity contribution in [2.45, 2.75) is 11.8 Å². The molecule has 2 aromatic rings. The van der Waals surface area contributed by atoms with Gasteiger partial charge in [0.25, 0.3) is 0 Å². The molecule has 21 heavy (non-hydrogen) atoms. The maximum atomic E-state index is 5.48. The van der Waals surface area contributed by atoms with Crippen LogP contribution in [0.15, 0.2) is 41.0 Å². The Morgan fingerprint density at radius 3 is 2.71 bits per heavy atom.